The second kappa shape index (κ2) is 6.46. The Labute approximate surface area is 138 Å². The summed E-state index contributed by atoms with van der Waals surface area (Å²) in [5.41, 5.74) is 3.61. The highest BCUT2D eigenvalue weighted by atomic mass is 79.9. The normalized spacial score (nSPS) is 11.2. The molecule has 0 fully saturated rings. The molecule has 0 aliphatic rings. The lowest BCUT2D eigenvalue weighted by atomic mass is 10.1. The van der Waals surface area contributed by atoms with Gasteiger partial charge >= 0.3 is 0 Å². The molecule has 2 nitrogen and oxygen atoms in total. The van der Waals surface area contributed by atoms with E-state index in [0.29, 0.717) is 5.57 Å². The Morgan fingerprint density at radius 2 is 1.68 bits per heavy atom. The summed E-state index contributed by atoms with van der Waals surface area (Å²) in [6.45, 7) is 0. The molecule has 0 saturated carbocycles. The Morgan fingerprint density at radius 3 is 2.36 bits per heavy atom. The van der Waals surface area contributed by atoms with Gasteiger partial charge in [0.05, 0.1) is 11.6 Å². The monoisotopic (exact) mass is 348 g/mol. The van der Waals surface area contributed by atoms with Gasteiger partial charge in [0, 0.05) is 22.1 Å². The summed E-state index contributed by atoms with van der Waals surface area (Å²) < 4.78 is 3.11. The summed E-state index contributed by atoms with van der Waals surface area (Å²) >= 11 is 3.45. The lowest BCUT2D eigenvalue weighted by molar-refractivity contribution is 1.06. The van der Waals surface area contributed by atoms with Crippen molar-refractivity contribution in [3.8, 4) is 11.8 Å². The van der Waals surface area contributed by atoms with Crippen LogP contribution >= 0.6 is 15.9 Å². The van der Waals surface area contributed by atoms with Crippen LogP contribution in [0.4, 0.5) is 0 Å². The number of allylic oxidation sites excluding steroid dienone is 1. The van der Waals surface area contributed by atoms with Gasteiger partial charge in [-0.05, 0) is 48.0 Å². The van der Waals surface area contributed by atoms with Crippen LogP contribution in [0.1, 0.15) is 11.3 Å². The number of hydrogen-bond donors (Lipinski definition) is 0. The maximum Gasteiger partial charge on any atom is 0.0998 e. The van der Waals surface area contributed by atoms with Gasteiger partial charge in [-0.15, -0.1) is 0 Å². The van der Waals surface area contributed by atoms with Gasteiger partial charge in [-0.25, -0.2) is 0 Å². The predicted octanol–water partition coefficient (Wildman–Crippen LogP) is 5.30. The molecular weight excluding hydrogens is 336 g/mol. The lowest BCUT2D eigenvalue weighted by Crippen LogP contribution is -1.94. The van der Waals surface area contributed by atoms with Crippen molar-refractivity contribution in [2.24, 2.45) is 0 Å². The van der Waals surface area contributed by atoms with E-state index in [1.54, 1.807) is 0 Å². The zero-order chi connectivity index (χ0) is 15.4. The highest BCUT2D eigenvalue weighted by Crippen LogP contribution is 2.21. The molecular formula is C19H13BrN2. The Kier molecular flexibility index (Phi) is 4.22. The molecule has 22 heavy (non-hydrogen) atoms. The van der Waals surface area contributed by atoms with Gasteiger partial charge in [-0.2, -0.15) is 5.26 Å². The molecule has 0 bridgehead atoms. The van der Waals surface area contributed by atoms with Crippen molar-refractivity contribution >= 4 is 27.6 Å². The number of halogens is 1. The van der Waals surface area contributed by atoms with Crippen LogP contribution < -0.4 is 0 Å². The quantitative estimate of drug-likeness (QED) is 0.590. The van der Waals surface area contributed by atoms with Crippen molar-refractivity contribution in [3.05, 3.63) is 88.7 Å². The summed E-state index contributed by atoms with van der Waals surface area (Å²) in [5, 5.41) is 9.44. The SMILES string of the molecule is N#C/C(=C\c1cccn1-c1ccc(Br)cc1)c1ccccc1. The maximum atomic E-state index is 9.44. The molecule has 0 aliphatic heterocycles. The molecule has 2 aromatic carbocycles. The fourth-order valence-corrected chi connectivity index (χ4v) is 2.56. The van der Waals surface area contributed by atoms with Crippen LogP contribution in [0.15, 0.2) is 77.4 Å². The largest absolute Gasteiger partial charge is 0.317 e. The number of aromatic nitrogens is 1. The summed E-state index contributed by atoms with van der Waals surface area (Å²) in [7, 11) is 0. The van der Waals surface area contributed by atoms with Gasteiger partial charge in [0.2, 0.25) is 0 Å². The zero-order valence-electron chi connectivity index (χ0n) is 11.8. The van der Waals surface area contributed by atoms with Crippen molar-refractivity contribution in [1.29, 1.82) is 5.26 Å². The van der Waals surface area contributed by atoms with E-state index in [-0.39, 0.29) is 0 Å². The van der Waals surface area contributed by atoms with E-state index >= 15 is 0 Å². The van der Waals surface area contributed by atoms with E-state index < -0.39 is 0 Å². The fraction of sp³-hybridized carbons (Fsp3) is 0. The predicted molar refractivity (Wildman–Crippen MR) is 93.4 cm³/mol. The number of benzene rings is 2. The average molecular weight is 349 g/mol. The van der Waals surface area contributed by atoms with Crippen LogP contribution in [0.2, 0.25) is 0 Å². The molecule has 0 amide bonds. The summed E-state index contributed by atoms with van der Waals surface area (Å²) in [6, 6.07) is 24.1. The summed E-state index contributed by atoms with van der Waals surface area (Å²) in [4.78, 5) is 0. The molecule has 0 atom stereocenters. The maximum absolute atomic E-state index is 9.44. The van der Waals surface area contributed by atoms with Gasteiger partial charge < -0.3 is 4.57 Å². The standard InChI is InChI=1S/C19H13BrN2/c20-17-8-10-18(11-9-17)22-12-4-7-19(22)13-16(14-21)15-5-2-1-3-6-15/h1-13H/b16-13+. The highest BCUT2D eigenvalue weighted by molar-refractivity contribution is 9.10. The van der Waals surface area contributed by atoms with Crippen molar-refractivity contribution in [2.45, 2.75) is 0 Å². The first kappa shape index (κ1) is 14.4. The van der Waals surface area contributed by atoms with E-state index in [1.165, 1.54) is 0 Å². The number of rotatable bonds is 3. The third-order valence-electron chi connectivity index (χ3n) is 3.38. The van der Waals surface area contributed by atoms with Crippen molar-refractivity contribution in [1.82, 2.24) is 4.57 Å². The smallest absolute Gasteiger partial charge is 0.0998 e. The first-order valence-electron chi connectivity index (χ1n) is 6.88. The molecule has 1 aromatic heterocycles. The molecule has 106 valence electrons. The second-order valence-corrected chi connectivity index (χ2v) is 5.73. The number of hydrogen-bond acceptors (Lipinski definition) is 1. The minimum atomic E-state index is 0.651. The molecule has 0 radical (unpaired) electrons. The van der Waals surface area contributed by atoms with E-state index in [0.717, 1.165) is 21.4 Å². The van der Waals surface area contributed by atoms with Gasteiger partial charge in [0.15, 0.2) is 0 Å². The van der Waals surface area contributed by atoms with Crippen molar-refractivity contribution in [3.63, 3.8) is 0 Å². The Bertz CT molecular complexity index is 837. The minimum absolute atomic E-state index is 0.651. The molecule has 0 aliphatic carbocycles. The second-order valence-electron chi connectivity index (χ2n) is 4.82. The summed E-state index contributed by atoms with van der Waals surface area (Å²) in [6.07, 6.45) is 3.91. The zero-order valence-corrected chi connectivity index (χ0v) is 13.4. The molecule has 0 spiro atoms. The lowest BCUT2D eigenvalue weighted by Gasteiger charge is -2.07. The van der Waals surface area contributed by atoms with E-state index in [2.05, 4.69) is 26.6 Å². The van der Waals surface area contributed by atoms with Gasteiger partial charge in [-0.3, -0.25) is 0 Å². The van der Waals surface area contributed by atoms with Crippen LogP contribution in [0.5, 0.6) is 0 Å². The van der Waals surface area contributed by atoms with Gasteiger partial charge in [0.1, 0.15) is 0 Å². The Balaban J connectivity index is 2.03. The molecule has 3 heteroatoms. The third kappa shape index (κ3) is 3.03. The van der Waals surface area contributed by atoms with Gasteiger partial charge in [-0.1, -0.05) is 46.3 Å². The topological polar surface area (TPSA) is 28.7 Å². The molecule has 0 saturated heterocycles. The van der Waals surface area contributed by atoms with Crippen molar-refractivity contribution < 1.29 is 0 Å². The van der Waals surface area contributed by atoms with Crippen LogP contribution in [0.3, 0.4) is 0 Å². The molecule has 3 rings (SSSR count). The van der Waals surface area contributed by atoms with Crippen LogP contribution in [0.25, 0.3) is 17.3 Å². The van der Waals surface area contributed by atoms with Crippen LogP contribution in [-0.4, -0.2) is 4.57 Å². The van der Waals surface area contributed by atoms with Gasteiger partial charge in [0.25, 0.3) is 0 Å². The van der Waals surface area contributed by atoms with E-state index in [1.807, 2.05) is 79.0 Å². The first-order valence-corrected chi connectivity index (χ1v) is 7.68. The Hall–Kier alpha value is -2.57. The Morgan fingerprint density at radius 1 is 0.955 bits per heavy atom. The summed E-state index contributed by atoms with van der Waals surface area (Å²) in [5.74, 6) is 0. The van der Waals surface area contributed by atoms with E-state index in [4.69, 9.17) is 0 Å². The third-order valence-corrected chi connectivity index (χ3v) is 3.91. The van der Waals surface area contributed by atoms with Crippen LogP contribution in [-0.2, 0) is 0 Å². The first-order chi connectivity index (χ1) is 10.8. The molecule has 1 heterocycles. The van der Waals surface area contributed by atoms with Crippen LogP contribution in [0, 0.1) is 11.3 Å². The number of nitrogens with zero attached hydrogens (tertiary/aromatic N) is 2. The van der Waals surface area contributed by atoms with Crippen molar-refractivity contribution in [2.75, 3.05) is 0 Å². The molecule has 3 aromatic rings. The minimum Gasteiger partial charge on any atom is -0.317 e. The fourth-order valence-electron chi connectivity index (χ4n) is 2.29. The highest BCUT2D eigenvalue weighted by Gasteiger charge is 2.05. The number of nitriles is 1. The molecule has 0 N–H and O–H groups in total. The van der Waals surface area contributed by atoms with E-state index in [9.17, 15) is 5.26 Å². The molecule has 0 unspecified atom stereocenters. The average Bonchev–Trinajstić information content (AvgIpc) is 3.02.